The van der Waals surface area contributed by atoms with Crippen molar-refractivity contribution in [3.05, 3.63) is 90.1 Å². The summed E-state index contributed by atoms with van der Waals surface area (Å²) < 4.78 is 0. The first-order valence-electron chi connectivity index (χ1n) is 9.55. The summed E-state index contributed by atoms with van der Waals surface area (Å²) in [6, 6.07) is 26.5. The van der Waals surface area contributed by atoms with Crippen LogP contribution in [0.1, 0.15) is 18.1 Å². The number of hydrogen-bond acceptors (Lipinski definition) is 1. The van der Waals surface area contributed by atoms with E-state index in [1.165, 1.54) is 49.0 Å². The lowest BCUT2D eigenvalue weighted by molar-refractivity contribution is 1.13. The molecule has 0 spiro atoms. The van der Waals surface area contributed by atoms with Crippen LogP contribution in [-0.2, 0) is 6.42 Å². The number of rotatable bonds is 2. The Morgan fingerprint density at radius 3 is 2.33 bits per heavy atom. The van der Waals surface area contributed by atoms with Crippen molar-refractivity contribution in [3.63, 3.8) is 0 Å². The van der Waals surface area contributed by atoms with E-state index < -0.39 is 0 Å². The largest absolute Gasteiger partial charge is 0.256 e. The monoisotopic (exact) mass is 347 g/mol. The minimum atomic E-state index is 1.04. The smallest absolute Gasteiger partial charge is 0.0780 e. The van der Waals surface area contributed by atoms with Crippen LogP contribution in [0.5, 0.6) is 0 Å². The Hall–Kier alpha value is -3.19. The van der Waals surface area contributed by atoms with Gasteiger partial charge in [-0.2, -0.15) is 0 Å². The Morgan fingerprint density at radius 2 is 1.44 bits per heavy atom. The number of hydrogen-bond donors (Lipinski definition) is 0. The van der Waals surface area contributed by atoms with Crippen LogP contribution in [0.3, 0.4) is 0 Å². The zero-order valence-corrected chi connectivity index (χ0v) is 15.7. The summed E-state index contributed by atoms with van der Waals surface area (Å²) in [6.07, 6.45) is 2.98. The van der Waals surface area contributed by atoms with Crippen LogP contribution in [0.25, 0.3) is 43.6 Å². The van der Waals surface area contributed by atoms with Crippen molar-refractivity contribution in [3.8, 4) is 11.3 Å². The third kappa shape index (κ3) is 2.59. The number of nitrogens with zero attached hydrogens (tertiary/aromatic N) is 1. The van der Waals surface area contributed by atoms with Crippen molar-refractivity contribution in [1.29, 1.82) is 0 Å². The van der Waals surface area contributed by atoms with Gasteiger partial charge in [-0.05, 0) is 64.0 Å². The highest BCUT2D eigenvalue weighted by molar-refractivity contribution is 6.18. The number of fused-ring (bicyclic) bond motifs is 5. The van der Waals surface area contributed by atoms with Crippen LogP contribution in [0.2, 0.25) is 0 Å². The minimum absolute atomic E-state index is 1.04. The first-order valence-corrected chi connectivity index (χ1v) is 9.55. The number of benzene rings is 4. The maximum atomic E-state index is 4.76. The Balaban J connectivity index is 1.85. The average Bonchev–Trinajstić information content (AvgIpc) is 2.72. The van der Waals surface area contributed by atoms with Gasteiger partial charge in [0.2, 0.25) is 0 Å². The molecule has 5 aromatic rings. The molecule has 0 atom stereocenters. The van der Waals surface area contributed by atoms with Crippen LogP contribution in [0, 0.1) is 6.92 Å². The lowest BCUT2D eigenvalue weighted by Gasteiger charge is -2.12. The third-order valence-corrected chi connectivity index (χ3v) is 5.49. The molecule has 0 saturated heterocycles. The van der Waals surface area contributed by atoms with E-state index in [1.54, 1.807) is 0 Å². The molecule has 1 nitrogen and oxygen atoms in total. The second-order valence-corrected chi connectivity index (χ2v) is 7.26. The van der Waals surface area contributed by atoms with Crippen molar-refractivity contribution < 1.29 is 0 Å². The van der Waals surface area contributed by atoms with E-state index in [2.05, 4.69) is 86.6 Å². The van der Waals surface area contributed by atoms with Gasteiger partial charge < -0.3 is 0 Å². The molecule has 0 aliphatic rings. The van der Waals surface area contributed by atoms with E-state index in [9.17, 15) is 0 Å². The van der Waals surface area contributed by atoms with E-state index in [1.807, 2.05) is 6.20 Å². The van der Waals surface area contributed by atoms with E-state index >= 15 is 0 Å². The van der Waals surface area contributed by atoms with E-state index in [0.717, 1.165) is 12.1 Å². The topological polar surface area (TPSA) is 12.9 Å². The quantitative estimate of drug-likeness (QED) is 0.311. The summed E-state index contributed by atoms with van der Waals surface area (Å²) in [5, 5.41) is 7.66. The molecular formula is C26H21N. The third-order valence-electron chi connectivity index (χ3n) is 5.49. The fourth-order valence-electron chi connectivity index (χ4n) is 4.19. The van der Waals surface area contributed by atoms with Gasteiger partial charge in [-0.15, -0.1) is 0 Å². The van der Waals surface area contributed by atoms with Gasteiger partial charge in [0.05, 0.1) is 5.69 Å². The predicted molar refractivity (Wildman–Crippen MR) is 116 cm³/mol. The summed E-state index contributed by atoms with van der Waals surface area (Å²) in [7, 11) is 0. The molecule has 0 fully saturated rings. The van der Waals surface area contributed by atoms with Gasteiger partial charge in [0.15, 0.2) is 0 Å². The van der Waals surface area contributed by atoms with Gasteiger partial charge in [0.1, 0.15) is 0 Å². The Morgan fingerprint density at radius 1 is 0.704 bits per heavy atom. The highest BCUT2D eigenvalue weighted by atomic mass is 14.7. The molecule has 0 bridgehead atoms. The lowest BCUT2D eigenvalue weighted by Crippen LogP contribution is -1.91. The van der Waals surface area contributed by atoms with Gasteiger partial charge in [-0.3, -0.25) is 4.98 Å². The molecule has 0 amide bonds. The van der Waals surface area contributed by atoms with Crippen LogP contribution < -0.4 is 0 Å². The molecule has 0 unspecified atom stereocenters. The van der Waals surface area contributed by atoms with Gasteiger partial charge >= 0.3 is 0 Å². The number of pyridine rings is 1. The second kappa shape index (κ2) is 6.21. The Kier molecular flexibility index (Phi) is 3.68. The van der Waals surface area contributed by atoms with Crippen LogP contribution >= 0.6 is 0 Å². The molecule has 1 heterocycles. The molecule has 27 heavy (non-hydrogen) atoms. The van der Waals surface area contributed by atoms with Crippen molar-refractivity contribution in [1.82, 2.24) is 4.98 Å². The van der Waals surface area contributed by atoms with E-state index in [-0.39, 0.29) is 0 Å². The van der Waals surface area contributed by atoms with Crippen molar-refractivity contribution >= 4 is 32.3 Å². The molecule has 0 N–H and O–H groups in total. The highest BCUT2D eigenvalue weighted by Crippen LogP contribution is 2.35. The summed E-state index contributed by atoms with van der Waals surface area (Å²) >= 11 is 0. The summed E-state index contributed by atoms with van der Waals surface area (Å²) in [5.41, 5.74) is 4.92. The van der Waals surface area contributed by atoms with Crippen molar-refractivity contribution in [2.75, 3.05) is 0 Å². The molecule has 5 rings (SSSR count). The zero-order chi connectivity index (χ0) is 18.4. The zero-order valence-electron chi connectivity index (χ0n) is 15.7. The van der Waals surface area contributed by atoms with Gasteiger partial charge in [-0.25, -0.2) is 0 Å². The molecule has 0 saturated carbocycles. The molecule has 1 heteroatoms. The fourth-order valence-corrected chi connectivity index (χ4v) is 4.19. The highest BCUT2D eigenvalue weighted by Gasteiger charge is 2.10. The normalized spacial score (nSPS) is 11.5. The first-order chi connectivity index (χ1) is 13.2. The van der Waals surface area contributed by atoms with Gasteiger partial charge in [0.25, 0.3) is 0 Å². The van der Waals surface area contributed by atoms with Crippen molar-refractivity contribution in [2.45, 2.75) is 20.3 Å². The standard InChI is InChI=1S/C26H21N/c1-3-18-14-17(2)15-20(16-18)26-25-11-10-22-21-7-5-4-6-19(21)8-9-23(22)24(25)12-13-27-26/h4-16H,3H2,1-2H3. The SMILES string of the molecule is CCc1cc(C)cc(-c2nccc3c2ccc2c4ccccc4ccc32)c1. The fraction of sp³-hybridized carbons (Fsp3) is 0.115. The van der Waals surface area contributed by atoms with Gasteiger partial charge in [-0.1, -0.05) is 67.1 Å². The van der Waals surface area contributed by atoms with Crippen LogP contribution in [-0.4, -0.2) is 4.98 Å². The maximum Gasteiger partial charge on any atom is 0.0780 e. The van der Waals surface area contributed by atoms with Crippen LogP contribution in [0.4, 0.5) is 0 Å². The number of aromatic nitrogens is 1. The van der Waals surface area contributed by atoms with E-state index in [4.69, 9.17) is 4.98 Å². The first kappa shape index (κ1) is 16.0. The number of aryl methyl sites for hydroxylation is 2. The molecule has 0 aliphatic carbocycles. The molecule has 130 valence electrons. The van der Waals surface area contributed by atoms with Gasteiger partial charge in [0, 0.05) is 17.1 Å². The lowest BCUT2D eigenvalue weighted by atomic mass is 9.94. The summed E-state index contributed by atoms with van der Waals surface area (Å²) in [4.78, 5) is 4.76. The average molecular weight is 347 g/mol. The second-order valence-electron chi connectivity index (χ2n) is 7.26. The Bertz CT molecular complexity index is 1310. The van der Waals surface area contributed by atoms with E-state index in [0.29, 0.717) is 0 Å². The molecular weight excluding hydrogens is 326 g/mol. The minimum Gasteiger partial charge on any atom is -0.256 e. The molecule has 4 aromatic carbocycles. The van der Waals surface area contributed by atoms with Crippen molar-refractivity contribution in [2.24, 2.45) is 0 Å². The molecule has 0 radical (unpaired) electrons. The summed E-state index contributed by atoms with van der Waals surface area (Å²) in [5.74, 6) is 0. The Labute approximate surface area is 159 Å². The predicted octanol–water partition coefficient (Wildman–Crippen LogP) is 7.08. The molecule has 1 aromatic heterocycles. The molecule has 0 aliphatic heterocycles. The summed E-state index contributed by atoms with van der Waals surface area (Å²) in [6.45, 7) is 4.36. The van der Waals surface area contributed by atoms with Crippen LogP contribution in [0.15, 0.2) is 79.0 Å². The maximum absolute atomic E-state index is 4.76.